The van der Waals surface area contributed by atoms with E-state index < -0.39 is 11.9 Å². The fourth-order valence-electron chi connectivity index (χ4n) is 4.77. The number of nitrogens with one attached hydrogen (secondary N) is 1. The SMILES string of the molecule is O=C(NC1CCCC1)C(Cc1ccccc1)N(Cc1c(Cl)cccc1Cl)C(=O)CSCc1c(F)cccc1Cl. The van der Waals surface area contributed by atoms with Crippen LogP contribution in [0, 0.1) is 5.82 Å². The molecule has 1 N–H and O–H groups in total. The quantitative estimate of drug-likeness (QED) is 0.243. The molecule has 3 aromatic carbocycles. The van der Waals surface area contributed by atoms with E-state index in [0.717, 1.165) is 31.2 Å². The van der Waals surface area contributed by atoms with Gasteiger partial charge in [0.15, 0.2) is 0 Å². The summed E-state index contributed by atoms with van der Waals surface area (Å²) in [7, 11) is 0. The molecular formula is C30H30Cl3FN2O2S. The molecule has 9 heteroatoms. The smallest absolute Gasteiger partial charge is 0.243 e. The van der Waals surface area contributed by atoms with E-state index in [-0.39, 0.29) is 35.9 Å². The number of hydrogen-bond acceptors (Lipinski definition) is 3. The lowest BCUT2D eigenvalue weighted by Gasteiger charge is -2.33. The molecule has 0 aromatic heterocycles. The van der Waals surface area contributed by atoms with Gasteiger partial charge < -0.3 is 10.2 Å². The lowest BCUT2D eigenvalue weighted by Crippen LogP contribution is -2.52. The largest absolute Gasteiger partial charge is 0.352 e. The van der Waals surface area contributed by atoms with Gasteiger partial charge in [-0.15, -0.1) is 11.8 Å². The lowest BCUT2D eigenvalue weighted by atomic mass is 10.0. The third-order valence-electron chi connectivity index (χ3n) is 6.90. The Morgan fingerprint density at radius 2 is 1.51 bits per heavy atom. The van der Waals surface area contributed by atoms with Gasteiger partial charge in [0.05, 0.1) is 5.75 Å². The monoisotopic (exact) mass is 606 g/mol. The Morgan fingerprint density at radius 1 is 0.897 bits per heavy atom. The van der Waals surface area contributed by atoms with Crippen molar-refractivity contribution in [3.63, 3.8) is 0 Å². The molecule has 0 aliphatic heterocycles. The average molecular weight is 608 g/mol. The third kappa shape index (κ3) is 8.14. The molecule has 1 aliphatic carbocycles. The van der Waals surface area contributed by atoms with Crippen LogP contribution in [0.15, 0.2) is 66.7 Å². The van der Waals surface area contributed by atoms with Crippen molar-refractivity contribution in [1.29, 1.82) is 0 Å². The number of amides is 2. The van der Waals surface area contributed by atoms with Gasteiger partial charge >= 0.3 is 0 Å². The van der Waals surface area contributed by atoms with E-state index in [2.05, 4.69) is 5.32 Å². The zero-order chi connectivity index (χ0) is 27.8. The molecule has 0 spiro atoms. The number of rotatable bonds is 11. The molecule has 0 bridgehead atoms. The van der Waals surface area contributed by atoms with Crippen molar-refractivity contribution in [1.82, 2.24) is 10.2 Å². The predicted molar refractivity (Wildman–Crippen MR) is 159 cm³/mol. The second-order valence-corrected chi connectivity index (χ2v) is 11.8. The number of hydrogen-bond donors (Lipinski definition) is 1. The summed E-state index contributed by atoms with van der Waals surface area (Å²) < 4.78 is 14.3. The number of benzene rings is 3. The minimum Gasteiger partial charge on any atom is -0.352 e. The first-order valence-electron chi connectivity index (χ1n) is 12.9. The summed E-state index contributed by atoms with van der Waals surface area (Å²) in [4.78, 5) is 29.1. The van der Waals surface area contributed by atoms with Crippen molar-refractivity contribution >= 4 is 58.4 Å². The Morgan fingerprint density at radius 3 is 2.15 bits per heavy atom. The van der Waals surface area contributed by atoms with Crippen LogP contribution < -0.4 is 5.32 Å². The zero-order valence-electron chi connectivity index (χ0n) is 21.3. The van der Waals surface area contributed by atoms with Crippen molar-refractivity contribution in [2.75, 3.05) is 5.75 Å². The molecule has 206 valence electrons. The maximum Gasteiger partial charge on any atom is 0.243 e. The van der Waals surface area contributed by atoms with Crippen molar-refractivity contribution < 1.29 is 14.0 Å². The van der Waals surface area contributed by atoms with Gasteiger partial charge in [-0.3, -0.25) is 9.59 Å². The summed E-state index contributed by atoms with van der Waals surface area (Å²) in [6.07, 6.45) is 4.32. The van der Waals surface area contributed by atoms with Gasteiger partial charge in [-0.2, -0.15) is 0 Å². The molecule has 4 rings (SSSR count). The first-order chi connectivity index (χ1) is 18.8. The summed E-state index contributed by atoms with van der Waals surface area (Å²) in [5.41, 5.74) is 1.85. The van der Waals surface area contributed by atoms with Crippen LogP contribution in [-0.2, 0) is 28.3 Å². The molecule has 0 radical (unpaired) electrons. The normalized spacial score (nSPS) is 14.3. The summed E-state index contributed by atoms with van der Waals surface area (Å²) in [6, 6.07) is 18.6. The van der Waals surface area contributed by atoms with Crippen LogP contribution in [0.25, 0.3) is 0 Å². The minimum atomic E-state index is -0.787. The molecule has 1 atom stereocenters. The highest BCUT2D eigenvalue weighted by molar-refractivity contribution is 7.99. The topological polar surface area (TPSA) is 49.4 Å². The van der Waals surface area contributed by atoms with Crippen molar-refractivity contribution in [3.05, 3.63) is 104 Å². The Balaban J connectivity index is 1.62. The van der Waals surface area contributed by atoms with Crippen LogP contribution in [0.1, 0.15) is 42.4 Å². The molecule has 39 heavy (non-hydrogen) atoms. The third-order valence-corrected chi connectivity index (χ3v) is 8.90. The van der Waals surface area contributed by atoms with Crippen molar-refractivity contribution in [2.24, 2.45) is 0 Å². The number of halogens is 4. The Bertz CT molecular complexity index is 1250. The molecule has 0 heterocycles. The van der Waals surface area contributed by atoms with Gasteiger partial charge in [0.1, 0.15) is 11.9 Å². The van der Waals surface area contributed by atoms with E-state index in [1.807, 2.05) is 30.3 Å². The number of nitrogens with zero attached hydrogens (tertiary/aromatic N) is 1. The van der Waals surface area contributed by atoms with Gasteiger partial charge in [-0.1, -0.05) is 90.1 Å². The molecule has 1 unspecified atom stereocenters. The first kappa shape index (κ1) is 29.7. The van der Waals surface area contributed by atoms with Gasteiger partial charge in [-0.05, 0) is 42.7 Å². The number of carbonyl (C=O) groups excluding carboxylic acids is 2. The molecule has 4 nitrogen and oxygen atoms in total. The van der Waals surface area contributed by atoms with Gasteiger partial charge in [0.25, 0.3) is 0 Å². The van der Waals surface area contributed by atoms with E-state index in [4.69, 9.17) is 34.8 Å². The molecule has 1 saturated carbocycles. The maximum absolute atomic E-state index is 14.3. The second-order valence-electron chi connectivity index (χ2n) is 9.61. The van der Waals surface area contributed by atoms with E-state index in [1.54, 1.807) is 35.2 Å². The molecule has 3 aromatic rings. The summed E-state index contributed by atoms with van der Waals surface area (Å²) in [5.74, 6) is -0.653. The van der Waals surface area contributed by atoms with E-state index in [1.165, 1.54) is 17.8 Å². The molecule has 2 amide bonds. The Hall–Kier alpha value is -2.25. The van der Waals surface area contributed by atoms with Crippen LogP contribution in [0.2, 0.25) is 15.1 Å². The molecule has 1 fully saturated rings. The standard InChI is InChI=1S/C30H30Cl3FN2O2S/c31-24-12-6-13-25(32)22(24)17-36(29(37)19-39-18-23-26(33)14-7-15-27(23)34)28(16-20-8-2-1-3-9-20)30(38)35-21-10-4-5-11-21/h1-3,6-9,12-15,21,28H,4-5,10-11,16-19H2,(H,35,38). The average Bonchev–Trinajstić information content (AvgIpc) is 3.43. The highest BCUT2D eigenvalue weighted by Crippen LogP contribution is 2.29. The van der Waals surface area contributed by atoms with Crippen LogP contribution in [0.4, 0.5) is 4.39 Å². The number of thioether (sulfide) groups is 1. The summed E-state index contributed by atoms with van der Waals surface area (Å²) in [6.45, 7) is 0.0634. The van der Waals surface area contributed by atoms with Crippen molar-refractivity contribution in [2.45, 2.75) is 56.5 Å². The molecule has 0 saturated heterocycles. The molecule has 1 aliphatic rings. The van der Waals surface area contributed by atoms with Crippen LogP contribution >= 0.6 is 46.6 Å². The van der Waals surface area contributed by atoms with Crippen LogP contribution in [0.5, 0.6) is 0 Å². The second kappa shape index (κ2) is 14.4. The predicted octanol–water partition coefficient (Wildman–Crippen LogP) is 7.72. The fraction of sp³-hybridized carbons (Fsp3) is 0.333. The maximum atomic E-state index is 14.3. The number of carbonyl (C=O) groups is 2. The van der Waals surface area contributed by atoms with Gasteiger partial charge in [0, 0.05) is 51.0 Å². The lowest BCUT2D eigenvalue weighted by molar-refractivity contribution is -0.139. The highest BCUT2D eigenvalue weighted by Gasteiger charge is 2.33. The van der Waals surface area contributed by atoms with E-state index in [9.17, 15) is 14.0 Å². The van der Waals surface area contributed by atoms with E-state index >= 15 is 0 Å². The van der Waals surface area contributed by atoms with Crippen molar-refractivity contribution in [3.8, 4) is 0 Å². The van der Waals surface area contributed by atoms with Crippen LogP contribution in [-0.4, -0.2) is 34.6 Å². The zero-order valence-corrected chi connectivity index (χ0v) is 24.4. The first-order valence-corrected chi connectivity index (χ1v) is 15.2. The molecular weight excluding hydrogens is 578 g/mol. The Kier molecular flexibility index (Phi) is 11.0. The van der Waals surface area contributed by atoms with Crippen LogP contribution in [0.3, 0.4) is 0 Å². The fourth-order valence-corrected chi connectivity index (χ4v) is 6.53. The summed E-state index contributed by atoms with van der Waals surface area (Å²) >= 11 is 20.4. The minimum absolute atomic E-state index is 0.0226. The van der Waals surface area contributed by atoms with Gasteiger partial charge in [0.2, 0.25) is 11.8 Å². The summed E-state index contributed by atoms with van der Waals surface area (Å²) in [5, 5.41) is 4.32. The van der Waals surface area contributed by atoms with E-state index in [0.29, 0.717) is 32.6 Å². The highest BCUT2D eigenvalue weighted by atomic mass is 35.5. The van der Waals surface area contributed by atoms with Gasteiger partial charge in [-0.25, -0.2) is 4.39 Å². The Labute approximate surface area is 248 Å².